The molecule has 0 amide bonds. The van der Waals surface area contributed by atoms with Crippen LogP contribution in [0, 0.1) is 5.92 Å². The van der Waals surface area contributed by atoms with Crippen LogP contribution < -0.4 is 10.5 Å². The predicted octanol–water partition coefficient (Wildman–Crippen LogP) is 3.79. The van der Waals surface area contributed by atoms with Crippen molar-refractivity contribution in [3.63, 3.8) is 0 Å². The minimum Gasteiger partial charge on any atom is -0.487 e. The first-order valence-corrected chi connectivity index (χ1v) is 7.89. The highest BCUT2D eigenvalue weighted by Gasteiger charge is 2.27. The van der Waals surface area contributed by atoms with Gasteiger partial charge in [0, 0.05) is 0 Å². The molecule has 0 aliphatic heterocycles. The van der Waals surface area contributed by atoms with E-state index in [2.05, 4.69) is 6.92 Å². The van der Waals surface area contributed by atoms with Gasteiger partial charge in [-0.2, -0.15) is 0 Å². The third-order valence-corrected chi connectivity index (χ3v) is 4.17. The summed E-state index contributed by atoms with van der Waals surface area (Å²) in [7, 11) is 0. The SMILES string of the molecule is CCOC(=O)c1cccc(N)c1OC1CCCCC1CC. The summed E-state index contributed by atoms with van der Waals surface area (Å²) in [5, 5.41) is 0. The molecule has 1 aliphatic carbocycles. The summed E-state index contributed by atoms with van der Waals surface area (Å²) in [5.41, 5.74) is 6.96. The number of para-hydroxylation sites is 1. The predicted molar refractivity (Wildman–Crippen MR) is 83.5 cm³/mol. The Hall–Kier alpha value is -1.71. The number of ether oxygens (including phenoxy) is 2. The smallest absolute Gasteiger partial charge is 0.341 e. The van der Waals surface area contributed by atoms with Crippen LogP contribution in [0.2, 0.25) is 0 Å². The van der Waals surface area contributed by atoms with Crippen LogP contribution in [0.1, 0.15) is 56.3 Å². The summed E-state index contributed by atoms with van der Waals surface area (Å²) < 4.78 is 11.3. The fourth-order valence-corrected chi connectivity index (χ4v) is 3.00. The van der Waals surface area contributed by atoms with Crippen molar-refractivity contribution in [2.45, 2.75) is 52.1 Å². The first-order valence-electron chi connectivity index (χ1n) is 7.89. The average molecular weight is 291 g/mol. The lowest BCUT2D eigenvalue weighted by Gasteiger charge is -2.32. The number of nitrogens with two attached hydrogens (primary N) is 1. The zero-order chi connectivity index (χ0) is 15.2. The molecule has 4 nitrogen and oxygen atoms in total. The average Bonchev–Trinajstić information content (AvgIpc) is 2.50. The molecule has 1 aliphatic rings. The molecule has 2 unspecified atom stereocenters. The van der Waals surface area contributed by atoms with Crippen LogP contribution in [0.4, 0.5) is 5.69 Å². The number of carbonyl (C=O) groups excluding carboxylic acids is 1. The Balaban J connectivity index is 2.23. The molecule has 0 bridgehead atoms. The van der Waals surface area contributed by atoms with Gasteiger partial charge in [-0.3, -0.25) is 0 Å². The van der Waals surface area contributed by atoms with Crippen molar-refractivity contribution >= 4 is 11.7 Å². The number of benzene rings is 1. The number of carbonyl (C=O) groups is 1. The molecule has 0 saturated heterocycles. The molecule has 0 radical (unpaired) electrons. The Morgan fingerprint density at radius 3 is 2.76 bits per heavy atom. The highest BCUT2D eigenvalue weighted by atomic mass is 16.5. The molecule has 21 heavy (non-hydrogen) atoms. The van der Waals surface area contributed by atoms with E-state index in [0.717, 1.165) is 12.8 Å². The monoisotopic (exact) mass is 291 g/mol. The maximum absolute atomic E-state index is 12.1. The van der Waals surface area contributed by atoms with E-state index in [4.69, 9.17) is 15.2 Å². The quantitative estimate of drug-likeness (QED) is 0.662. The molecule has 1 fully saturated rings. The van der Waals surface area contributed by atoms with Gasteiger partial charge in [-0.05, 0) is 50.7 Å². The number of hydrogen-bond acceptors (Lipinski definition) is 4. The fraction of sp³-hybridized carbons (Fsp3) is 0.588. The number of nitrogen functional groups attached to an aromatic ring is 1. The van der Waals surface area contributed by atoms with Gasteiger partial charge in [0.2, 0.25) is 0 Å². The topological polar surface area (TPSA) is 61.5 Å². The van der Waals surface area contributed by atoms with E-state index in [-0.39, 0.29) is 12.1 Å². The number of hydrogen-bond donors (Lipinski definition) is 1. The maximum atomic E-state index is 12.1. The Labute approximate surface area is 126 Å². The Morgan fingerprint density at radius 1 is 1.29 bits per heavy atom. The van der Waals surface area contributed by atoms with Crippen LogP contribution in [0.25, 0.3) is 0 Å². The van der Waals surface area contributed by atoms with Crippen LogP contribution in [0.5, 0.6) is 5.75 Å². The molecule has 4 heteroatoms. The lowest BCUT2D eigenvalue weighted by molar-refractivity contribution is 0.0505. The van der Waals surface area contributed by atoms with E-state index in [1.807, 2.05) is 0 Å². The number of rotatable bonds is 5. The molecular formula is C17H25NO3. The van der Waals surface area contributed by atoms with Crippen molar-refractivity contribution in [2.75, 3.05) is 12.3 Å². The van der Waals surface area contributed by atoms with Crippen molar-refractivity contribution in [1.82, 2.24) is 0 Å². The van der Waals surface area contributed by atoms with Crippen molar-refractivity contribution < 1.29 is 14.3 Å². The molecule has 0 heterocycles. The third-order valence-electron chi connectivity index (χ3n) is 4.17. The van der Waals surface area contributed by atoms with Gasteiger partial charge in [0.15, 0.2) is 5.75 Å². The van der Waals surface area contributed by atoms with Crippen LogP contribution in [0.3, 0.4) is 0 Å². The first kappa shape index (κ1) is 15.7. The Bertz CT molecular complexity index is 487. The molecule has 1 saturated carbocycles. The number of esters is 1. The van der Waals surface area contributed by atoms with Crippen LogP contribution >= 0.6 is 0 Å². The van der Waals surface area contributed by atoms with Gasteiger partial charge in [0.25, 0.3) is 0 Å². The van der Waals surface area contributed by atoms with Crippen molar-refractivity contribution in [1.29, 1.82) is 0 Å². The minimum atomic E-state index is -0.372. The van der Waals surface area contributed by atoms with E-state index in [1.54, 1.807) is 25.1 Å². The largest absolute Gasteiger partial charge is 0.487 e. The van der Waals surface area contributed by atoms with E-state index in [9.17, 15) is 4.79 Å². The summed E-state index contributed by atoms with van der Waals surface area (Å²) in [6.45, 7) is 4.32. The molecule has 0 spiro atoms. The first-order chi connectivity index (χ1) is 10.2. The maximum Gasteiger partial charge on any atom is 0.341 e. The zero-order valence-electron chi connectivity index (χ0n) is 12.9. The Kier molecular flexibility index (Phi) is 5.48. The molecule has 2 rings (SSSR count). The molecule has 2 N–H and O–H groups in total. The minimum absolute atomic E-state index is 0.140. The Morgan fingerprint density at radius 2 is 2.05 bits per heavy atom. The van der Waals surface area contributed by atoms with E-state index >= 15 is 0 Å². The lowest BCUT2D eigenvalue weighted by atomic mass is 9.84. The second-order valence-corrected chi connectivity index (χ2v) is 5.55. The van der Waals surface area contributed by atoms with Gasteiger partial charge in [-0.1, -0.05) is 19.4 Å². The second kappa shape index (κ2) is 7.34. The summed E-state index contributed by atoms with van der Waals surface area (Å²) in [5.74, 6) is 0.651. The summed E-state index contributed by atoms with van der Waals surface area (Å²) in [4.78, 5) is 12.1. The zero-order valence-corrected chi connectivity index (χ0v) is 12.9. The molecule has 116 valence electrons. The molecular weight excluding hydrogens is 266 g/mol. The molecule has 2 atom stereocenters. The van der Waals surface area contributed by atoms with Gasteiger partial charge < -0.3 is 15.2 Å². The summed E-state index contributed by atoms with van der Waals surface area (Å²) in [6, 6.07) is 5.24. The normalized spacial score (nSPS) is 21.8. The highest BCUT2D eigenvalue weighted by Crippen LogP contribution is 2.34. The van der Waals surface area contributed by atoms with E-state index in [1.165, 1.54) is 19.3 Å². The summed E-state index contributed by atoms with van der Waals surface area (Å²) in [6.07, 6.45) is 5.86. The van der Waals surface area contributed by atoms with Crippen molar-refractivity contribution in [3.05, 3.63) is 23.8 Å². The van der Waals surface area contributed by atoms with Crippen LogP contribution in [-0.2, 0) is 4.74 Å². The standard InChI is InChI=1S/C17H25NO3/c1-3-12-8-5-6-11-15(12)21-16-13(17(19)20-4-2)9-7-10-14(16)18/h7,9-10,12,15H,3-6,8,11,18H2,1-2H3. The van der Waals surface area contributed by atoms with Gasteiger partial charge in [0.1, 0.15) is 11.7 Å². The second-order valence-electron chi connectivity index (χ2n) is 5.55. The lowest BCUT2D eigenvalue weighted by Crippen LogP contribution is -2.30. The van der Waals surface area contributed by atoms with E-state index in [0.29, 0.717) is 29.5 Å². The molecule has 1 aromatic carbocycles. The van der Waals surface area contributed by atoms with Crippen molar-refractivity contribution in [2.24, 2.45) is 5.92 Å². The highest BCUT2D eigenvalue weighted by molar-refractivity contribution is 5.94. The van der Waals surface area contributed by atoms with Gasteiger partial charge in [-0.15, -0.1) is 0 Å². The molecule has 0 aromatic heterocycles. The van der Waals surface area contributed by atoms with E-state index < -0.39 is 0 Å². The summed E-state index contributed by atoms with van der Waals surface area (Å²) >= 11 is 0. The van der Waals surface area contributed by atoms with Gasteiger partial charge in [-0.25, -0.2) is 4.79 Å². The molecule has 1 aromatic rings. The van der Waals surface area contributed by atoms with Gasteiger partial charge >= 0.3 is 5.97 Å². The third kappa shape index (κ3) is 3.69. The number of anilines is 1. The van der Waals surface area contributed by atoms with Crippen LogP contribution in [0.15, 0.2) is 18.2 Å². The fourth-order valence-electron chi connectivity index (χ4n) is 3.00. The van der Waals surface area contributed by atoms with Crippen LogP contribution in [-0.4, -0.2) is 18.7 Å². The van der Waals surface area contributed by atoms with Crippen molar-refractivity contribution in [3.8, 4) is 5.75 Å². The van der Waals surface area contributed by atoms with Gasteiger partial charge in [0.05, 0.1) is 12.3 Å².